The maximum Gasteiger partial charge on any atom is 0.138 e. The van der Waals surface area contributed by atoms with Gasteiger partial charge in [-0.1, -0.05) is 51.4 Å². The monoisotopic (exact) mass is 253 g/mol. The second-order valence-corrected chi connectivity index (χ2v) is 6.41. The van der Waals surface area contributed by atoms with Crippen molar-refractivity contribution in [3.8, 4) is 5.75 Å². The summed E-state index contributed by atoms with van der Waals surface area (Å²) >= 11 is 5.88. The first-order chi connectivity index (χ1) is 7.78. The molecule has 2 rings (SSSR count). The molecule has 0 aromatic heterocycles. The lowest BCUT2D eigenvalue weighted by Crippen LogP contribution is -2.21. The number of hydrogen-bond donors (Lipinski definition) is 2. The summed E-state index contributed by atoms with van der Waals surface area (Å²) < 4.78 is 0. The Balaban J connectivity index is 2.03. The fraction of sp³-hybridized carbons (Fsp3) is 0.571. The van der Waals surface area contributed by atoms with E-state index in [1.54, 1.807) is 6.07 Å². The number of rotatable bonds is 3. The summed E-state index contributed by atoms with van der Waals surface area (Å²) in [5.41, 5.74) is 1.47. The van der Waals surface area contributed by atoms with Crippen LogP contribution in [-0.4, -0.2) is 11.1 Å². The number of para-hydroxylation sites is 1. The lowest BCUT2D eigenvalue weighted by atomic mass is 10.0. The predicted molar refractivity (Wildman–Crippen MR) is 71.3 cm³/mol. The van der Waals surface area contributed by atoms with Gasteiger partial charge in [-0.05, 0) is 16.9 Å². The van der Waals surface area contributed by atoms with Gasteiger partial charge in [-0.3, -0.25) is 0 Å². The second kappa shape index (κ2) is 3.89. The van der Waals surface area contributed by atoms with E-state index in [0.717, 1.165) is 5.56 Å². The molecule has 0 radical (unpaired) electrons. The number of phenols is 1. The van der Waals surface area contributed by atoms with Gasteiger partial charge in [-0.15, -0.1) is 0 Å². The first-order valence-corrected chi connectivity index (χ1v) is 6.36. The Morgan fingerprint density at radius 2 is 1.82 bits per heavy atom. The fourth-order valence-electron chi connectivity index (χ4n) is 2.62. The highest BCUT2D eigenvalue weighted by atomic mass is 35.5. The van der Waals surface area contributed by atoms with Crippen molar-refractivity contribution in [3.63, 3.8) is 0 Å². The number of halogens is 1. The topological polar surface area (TPSA) is 32.3 Å². The van der Waals surface area contributed by atoms with E-state index in [1.807, 2.05) is 12.1 Å². The maximum absolute atomic E-state index is 9.82. The maximum atomic E-state index is 9.82. The summed E-state index contributed by atoms with van der Waals surface area (Å²) in [4.78, 5) is 0. The summed E-state index contributed by atoms with van der Waals surface area (Å²) in [7, 11) is 0. The van der Waals surface area contributed by atoms with Gasteiger partial charge >= 0.3 is 0 Å². The molecule has 1 aromatic rings. The smallest absolute Gasteiger partial charge is 0.138 e. The molecule has 1 fully saturated rings. The molecule has 1 aliphatic rings. The number of phenolic OH excluding ortho intramolecular Hbond substituents is 1. The minimum Gasteiger partial charge on any atom is -0.506 e. The Hall–Kier alpha value is -0.730. The van der Waals surface area contributed by atoms with Gasteiger partial charge in [-0.2, -0.15) is 0 Å². The van der Waals surface area contributed by atoms with E-state index in [0.29, 0.717) is 28.4 Å². The Morgan fingerprint density at radius 3 is 2.35 bits per heavy atom. The van der Waals surface area contributed by atoms with Crippen molar-refractivity contribution in [1.29, 1.82) is 0 Å². The molecule has 2 N–H and O–H groups in total. The van der Waals surface area contributed by atoms with Crippen molar-refractivity contribution >= 4 is 11.6 Å². The van der Waals surface area contributed by atoms with E-state index >= 15 is 0 Å². The lowest BCUT2D eigenvalue weighted by Gasteiger charge is -2.09. The quantitative estimate of drug-likeness (QED) is 0.863. The molecule has 1 aliphatic carbocycles. The summed E-state index contributed by atoms with van der Waals surface area (Å²) in [6.45, 7) is 9.72. The average Bonchev–Trinajstić information content (AvgIpc) is 2.61. The number of benzene rings is 1. The molecule has 17 heavy (non-hydrogen) atoms. The van der Waals surface area contributed by atoms with E-state index in [2.05, 4.69) is 33.0 Å². The molecule has 0 atom stereocenters. The molecule has 2 nitrogen and oxygen atoms in total. The summed E-state index contributed by atoms with van der Waals surface area (Å²) in [6, 6.07) is 5.94. The minimum atomic E-state index is 0.193. The number of nitrogens with one attached hydrogen (secondary N) is 1. The normalized spacial score (nSPS) is 21.5. The van der Waals surface area contributed by atoms with Crippen molar-refractivity contribution in [2.75, 3.05) is 0 Å². The highest BCUT2D eigenvalue weighted by molar-refractivity contribution is 6.32. The summed E-state index contributed by atoms with van der Waals surface area (Å²) in [5.74, 6) is 0.193. The Labute approximate surface area is 108 Å². The van der Waals surface area contributed by atoms with Crippen molar-refractivity contribution in [2.45, 2.75) is 40.3 Å². The van der Waals surface area contributed by atoms with Crippen LogP contribution in [0.3, 0.4) is 0 Å². The zero-order valence-corrected chi connectivity index (χ0v) is 11.6. The minimum absolute atomic E-state index is 0.193. The average molecular weight is 254 g/mol. The SMILES string of the molecule is CC1(C)C(NCc2cccc(Cl)c2O)C1(C)C. The largest absolute Gasteiger partial charge is 0.506 e. The van der Waals surface area contributed by atoms with Crippen molar-refractivity contribution in [1.82, 2.24) is 5.32 Å². The molecule has 0 spiro atoms. The first kappa shape index (κ1) is 12.7. The molecule has 0 aliphatic heterocycles. The van der Waals surface area contributed by atoms with Crippen LogP contribution in [0.5, 0.6) is 5.75 Å². The predicted octanol–water partition coefficient (Wildman–Crippen LogP) is 3.57. The van der Waals surface area contributed by atoms with Crippen LogP contribution in [0.4, 0.5) is 0 Å². The molecular formula is C14H20ClNO. The van der Waals surface area contributed by atoms with Gasteiger partial charge in [0.25, 0.3) is 0 Å². The lowest BCUT2D eigenvalue weighted by molar-refractivity contribution is 0.457. The van der Waals surface area contributed by atoms with Crippen LogP contribution < -0.4 is 5.32 Å². The van der Waals surface area contributed by atoms with Crippen LogP contribution in [0.15, 0.2) is 18.2 Å². The van der Waals surface area contributed by atoms with E-state index < -0.39 is 0 Å². The van der Waals surface area contributed by atoms with Gasteiger partial charge in [0.15, 0.2) is 0 Å². The van der Waals surface area contributed by atoms with Crippen molar-refractivity contribution in [2.24, 2.45) is 10.8 Å². The highest BCUT2D eigenvalue weighted by Gasteiger charge is 2.64. The van der Waals surface area contributed by atoms with E-state index in [1.165, 1.54) is 0 Å². The van der Waals surface area contributed by atoms with E-state index in [9.17, 15) is 5.11 Å². The van der Waals surface area contributed by atoms with Crippen molar-refractivity contribution < 1.29 is 5.11 Å². The fourth-order valence-corrected chi connectivity index (χ4v) is 2.82. The Morgan fingerprint density at radius 1 is 1.24 bits per heavy atom. The molecule has 3 heteroatoms. The van der Waals surface area contributed by atoms with Crippen LogP contribution in [0.1, 0.15) is 33.3 Å². The van der Waals surface area contributed by atoms with Gasteiger partial charge in [0.05, 0.1) is 5.02 Å². The highest BCUT2D eigenvalue weighted by Crippen LogP contribution is 2.62. The third kappa shape index (κ3) is 1.94. The summed E-state index contributed by atoms with van der Waals surface area (Å²) in [5, 5.41) is 13.7. The van der Waals surface area contributed by atoms with Crippen LogP contribution in [0.2, 0.25) is 5.02 Å². The first-order valence-electron chi connectivity index (χ1n) is 5.98. The second-order valence-electron chi connectivity index (χ2n) is 6.00. The molecule has 0 saturated heterocycles. The Kier molecular flexibility index (Phi) is 2.91. The molecule has 1 saturated carbocycles. The molecule has 0 heterocycles. The van der Waals surface area contributed by atoms with E-state index in [-0.39, 0.29) is 5.75 Å². The third-order valence-corrected chi connectivity index (χ3v) is 4.89. The third-order valence-electron chi connectivity index (χ3n) is 4.59. The standard InChI is InChI=1S/C14H20ClNO/c1-13(2)12(14(13,3)4)16-8-9-6-5-7-10(15)11(9)17/h5-7,12,16-17H,8H2,1-4H3. The van der Waals surface area contributed by atoms with Crippen LogP contribution in [-0.2, 0) is 6.54 Å². The van der Waals surface area contributed by atoms with Gasteiger partial charge in [0.2, 0.25) is 0 Å². The van der Waals surface area contributed by atoms with Gasteiger partial charge in [0.1, 0.15) is 5.75 Å². The molecule has 0 unspecified atom stereocenters. The van der Waals surface area contributed by atoms with Crippen molar-refractivity contribution in [3.05, 3.63) is 28.8 Å². The zero-order valence-electron chi connectivity index (χ0n) is 10.8. The number of hydrogen-bond acceptors (Lipinski definition) is 2. The van der Waals surface area contributed by atoms with Crippen LogP contribution in [0, 0.1) is 10.8 Å². The van der Waals surface area contributed by atoms with Crippen LogP contribution in [0.25, 0.3) is 0 Å². The Bertz CT molecular complexity index is 426. The van der Waals surface area contributed by atoms with Gasteiger partial charge in [-0.25, -0.2) is 0 Å². The molecule has 0 amide bonds. The van der Waals surface area contributed by atoms with Crippen LogP contribution >= 0.6 is 11.6 Å². The molecular weight excluding hydrogens is 234 g/mol. The van der Waals surface area contributed by atoms with E-state index in [4.69, 9.17) is 11.6 Å². The number of aromatic hydroxyl groups is 1. The molecule has 1 aromatic carbocycles. The molecule has 0 bridgehead atoms. The zero-order chi connectivity index (χ0) is 12.8. The molecule has 94 valence electrons. The van der Waals surface area contributed by atoms with Gasteiger partial charge < -0.3 is 10.4 Å². The summed E-state index contributed by atoms with van der Waals surface area (Å²) in [6.07, 6.45) is 0. The van der Waals surface area contributed by atoms with Gasteiger partial charge in [0, 0.05) is 18.2 Å².